The molecule has 11 heteroatoms. The van der Waals surface area contributed by atoms with E-state index in [0.717, 1.165) is 17.3 Å². The van der Waals surface area contributed by atoms with Crippen LogP contribution in [-0.2, 0) is 4.79 Å². The van der Waals surface area contributed by atoms with Crippen LogP contribution in [0.3, 0.4) is 0 Å². The quantitative estimate of drug-likeness (QED) is 0.735. The maximum atomic E-state index is 13.5. The van der Waals surface area contributed by atoms with Crippen molar-refractivity contribution in [2.24, 2.45) is 0 Å². The first-order valence-corrected chi connectivity index (χ1v) is 8.37. The fraction of sp³-hybridized carbons (Fsp3) is 0.250. The lowest BCUT2D eigenvalue weighted by Crippen LogP contribution is -2.47. The van der Waals surface area contributed by atoms with Gasteiger partial charge in [-0.05, 0) is 23.8 Å². The van der Waals surface area contributed by atoms with E-state index in [9.17, 15) is 27.2 Å². The van der Waals surface area contributed by atoms with E-state index >= 15 is 0 Å². The van der Waals surface area contributed by atoms with Crippen molar-refractivity contribution >= 4 is 33.7 Å². The second kappa shape index (κ2) is 7.22. The molecule has 27 heavy (non-hydrogen) atoms. The second-order valence-corrected chi connectivity index (χ2v) is 6.70. The van der Waals surface area contributed by atoms with Gasteiger partial charge in [-0.2, -0.15) is 13.2 Å². The summed E-state index contributed by atoms with van der Waals surface area (Å²) >= 11 is 3.11. The van der Waals surface area contributed by atoms with Crippen molar-refractivity contribution in [2.75, 3.05) is 18.4 Å². The summed E-state index contributed by atoms with van der Waals surface area (Å²) in [5, 5.41) is 2.21. The monoisotopic (exact) mass is 446 g/mol. The van der Waals surface area contributed by atoms with Crippen molar-refractivity contribution in [1.82, 2.24) is 14.9 Å². The second-order valence-electron chi connectivity index (χ2n) is 5.78. The zero-order valence-corrected chi connectivity index (χ0v) is 15.0. The Bertz CT molecular complexity index is 889. The summed E-state index contributed by atoms with van der Waals surface area (Å²) in [6.07, 6.45) is -2.95. The van der Waals surface area contributed by atoms with E-state index < -0.39 is 42.8 Å². The average molecular weight is 447 g/mol. The van der Waals surface area contributed by atoms with Gasteiger partial charge in [-0.1, -0.05) is 15.9 Å². The van der Waals surface area contributed by atoms with E-state index in [4.69, 9.17) is 0 Å². The van der Waals surface area contributed by atoms with E-state index in [1.54, 1.807) is 0 Å². The van der Waals surface area contributed by atoms with Crippen LogP contribution in [0.25, 0.3) is 0 Å². The summed E-state index contributed by atoms with van der Waals surface area (Å²) in [5.41, 5.74) is -0.252. The van der Waals surface area contributed by atoms with Gasteiger partial charge in [-0.25, -0.2) is 14.4 Å². The number of hydrogen-bond acceptors (Lipinski definition) is 4. The van der Waals surface area contributed by atoms with E-state index in [1.165, 1.54) is 18.2 Å². The molecule has 1 atom stereocenters. The number of rotatable bonds is 3. The largest absolute Gasteiger partial charge is 0.397 e. The van der Waals surface area contributed by atoms with E-state index in [-0.39, 0.29) is 17.1 Å². The number of halogens is 5. The summed E-state index contributed by atoms with van der Waals surface area (Å²) in [6, 6.07) is 4.00. The number of alkyl halides is 3. The fourth-order valence-electron chi connectivity index (χ4n) is 2.72. The highest BCUT2D eigenvalue weighted by molar-refractivity contribution is 9.10. The molecule has 0 spiro atoms. The van der Waals surface area contributed by atoms with E-state index in [1.807, 2.05) is 0 Å². The maximum absolute atomic E-state index is 13.5. The van der Waals surface area contributed by atoms with Gasteiger partial charge in [0.05, 0.1) is 18.3 Å². The smallest absolute Gasteiger partial charge is 0.328 e. The van der Waals surface area contributed by atoms with Crippen molar-refractivity contribution < 1.29 is 27.2 Å². The Labute approximate surface area is 158 Å². The molecule has 1 aliphatic heterocycles. The predicted molar refractivity (Wildman–Crippen MR) is 89.5 cm³/mol. The zero-order chi connectivity index (χ0) is 19.8. The first-order valence-electron chi connectivity index (χ1n) is 7.58. The summed E-state index contributed by atoms with van der Waals surface area (Å²) in [5.74, 6) is -4.33. The Morgan fingerprint density at radius 3 is 2.59 bits per heavy atom. The first kappa shape index (κ1) is 19.2. The fourth-order valence-corrected chi connectivity index (χ4v) is 3.10. The Morgan fingerprint density at radius 2 is 1.96 bits per heavy atom. The molecule has 2 amide bonds. The number of benzene rings is 1. The molecule has 0 aliphatic carbocycles. The Morgan fingerprint density at radius 1 is 1.30 bits per heavy atom. The number of aromatic nitrogens is 2. The van der Waals surface area contributed by atoms with Crippen LogP contribution in [0, 0.1) is 5.82 Å². The first-order chi connectivity index (χ1) is 12.6. The van der Waals surface area contributed by atoms with Crippen molar-refractivity contribution in [1.29, 1.82) is 0 Å². The topological polar surface area (TPSA) is 75.2 Å². The number of anilines is 1. The highest BCUT2D eigenvalue weighted by atomic mass is 79.9. The molecule has 0 fully saturated rings. The molecule has 2 aromatic rings. The minimum Gasteiger partial charge on any atom is -0.328 e. The third-order valence-electron chi connectivity index (χ3n) is 3.91. The molecule has 6 nitrogen and oxygen atoms in total. The van der Waals surface area contributed by atoms with Crippen LogP contribution in [0.4, 0.5) is 23.5 Å². The Kier molecular flexibility index (Phi) is 5.13. The number of carbonyl (C=O) groups excluding carboxylic acids is 2. The number of nitrogens with one attached hydrogen (secondary N) is 1. The molecule has 0 radical (unpaired) electrons. The van der Waals surface area contributed by atoms with Crippen molar-refractivity contribution in [3.8, 4) is 0 Å². The third kappa shape index (κ3) is 4.24. The predicted octanol–water partition coefficient (Wildman–Crippen LogP) is 3.12. The molecular formula is C16H11BrF4N4O2. The number of fused-ring (bicyclic) bond motifs is 1. The van der Waals surface area contributed by atoms with E-state index in [0.29, 0.717) is 4.47 Å². The van der Waals surface area contributed by atoms with Gasteiger partial charge in [0.1, 0.15) is 6.54 Å². The number of hydrogen-bond donors (Lipinski definition) is 1. The van der Waals surface area contributed by atoms with Crippen LogP contribution < -0.4 is 5.32 Å². The molecule has 142 valence electrons. The standard InChI is InChI=1S/C16H11BrF4N4O2/c17-8-1-2-10-11(3-8)12(16(19,20)21)6-25(14(10)27)7-13(26)24-15-22-4-9(18)5-23-15/h1-5,12H,6-7H2,(H,22,23,24,26)/t12-/m1/s1. The van der Waals surface area contributed by atoms with Gasteiger partial charge in [0.15, 0.2) is 5.82 Å². The van der Waals surface area contributed by atoms with Gasteiger partial charge in [-0.3, -0.25) is 14.9 Å². The molecule has 3 rings (SSSR count). The SMILES string of the molecule is O=C(CN1C[C@@H](C(F)(F)F)c2cc(Br)ccc2C1=O)Nc1ncc(F)cn1. The minimum absolute atomic E-state index is 0.113. The molecule has 0 saturated carbocycles. The summed E-state index contributed by atoms with van der Waals surface area (Å²) in [4.78, 5) is 32.4. The molecule has 1 aliphatic rings. The zero-order valence-electron chi connectivity index (χ0n) is 13.4. The van der Waals surface area contributed by atoms with Gasteiger partial charge in [-0.15, -0.1) is 0 Å². The summed E-state index contributed by atoms with van der Waals surface area (Å²) < 4.78 is 53.6. The lowest BCUT2D eigenvalue weighted by atomic mass is 9.88. The average Bonchev–Trinajstić information content (AvgIpc) is 2.58. The number of nitrogens with zero attached hydrogens (tertiary/aromatic N) is 3. The lowest BCUT2D eigenvalue weighted by Gasteiger charge is -2.35. The van der Waals surface area contributed by atoms with Gasteiger partial charge in [0.25, 0.3) is 5.91 Å². The molecule has 1 N–H and O–H groups in total. The molecular weight excluding hydrogens is 436 g/mol. The Hall–Kier alpha value is -2.56. The Balaban J connectivity index is 1.81. The normalized spacial score (nSPS) is 16.9. The maximum Gasteiger partial charge on any atom is 0.397 e. The van der Waals surface area contributed by atoms with Gasteiger partial charge in [0, 0.05) is 16.6 Å². The lowest BCUT2D eigenvalue weighted by molar-refractivity contribution is -0.155. The van der Waals surface area contributed by atoms with Crippen LogP contribution in [-0.4, -0.2) is 45.9 Å². The molecule has 1 aromatic heterocycles. The van der Waals surface area contributed by atoms with Crippen LogP contribution in [0.2, 0.25) is 0 Å². The number of amides is 2. The summed E-state index contributed by atoms with van der Waals surface area (Å²) in [6.45, 7) is -1.31. The van der Waals surface area contributed by atoms with Crippen LogP contribution in [0.5, 0.6) is 0 Å². The minimum atomic E-state index is -4.59. The van der Waals surface area contributed by atoms with Crippen LogP contribution in [0.1, 0.15) is 21.8 Å². The van der Waals surface area contributed by atoms with Crippen LogP contribution >= 0.6 is 15.9 Å². The molecule has 0 bridgehead atoms. The molecule has 1 aromatic carbocycles. The van der Waals surface area contributed by atoms with Gasteiger partial charge < -0.3 is 4.90 Å². The molecule has 2 heterocycles. The molecule has 0 saturated heterocycles. The third-order valence-corrected chi connectivity index (χ3v) is 4.40. The highest BCUT2D eigenvalue weighted by Gasteiger charge is 2.47. The van der Waals surface area contributed by atoms with Crippen LogP contribution in [0.15, 0.2) is 35.1 Å². The summed E-state index contributed by atoms with van der Waals surface area (Å²) in [7, 11) is 0. The van der Waals surface area contributed by atoms with Gasteiger partial charge in [0.2, 0.25) is 11.9 Å². The van der Waals surface area contributed by atoms with Crippen molar-refractivity contribution in [2.45, 2.75) is 12.1 Å². The highest BCUT2D eigenvalue weighted by Crippen LogP contribution is 2.41. The van der Waals surface area contributed by atoms with Gasteiger partial charge >= 0.3 is 6.18 Å². The molecule has 0 unspecified atom stereocenters. The van der Waals surface area contributed by atoms with E-state index in [2.05, 4.69) is 31.2 Å². The number of carbonyl (C=O) groups is 2. The van der Waals surface area contributed by atoms with Crippen molar-refractivity contribution in [3.63, 3.8) is 0 Å². The van der Waals surface area contributed by atoms with Crippen molar-refractivity contribution in [3.05, 3.63) is 52.0 Å².